The van der Waals surface area contributed by atoms with Gasteiger partial charge < -0.3 is 28.8 Å². The molecule has 1 heterocycles. The van der Waals surface area contributed by atoms with Crippen molar-refractivity contribution in [1.29, 1.82) is 0 Å². The molecule has 0 atom stereocenters. The molecule has 3 aromatic rings. The molecule has 3 rings (SSSR count). The zero-order valence-corrected chi connectivity index (χ0v) is 16.5. The molecule has 0 unspecified atom stereocenters. The topological polar surface area (TPSA) is 105 Å². The quantitative estimate of drug-likeness (QED) is 0.616. The number of carbonyl (C=O) groups is 1. The Bertz CT molecular complexity index is 976. The van der Waals surface area contributed by atoms with Crippen molar-refractivity contribution in [2.24, 2.45) is 0 Å². The number of amides is 1. The number of ether oxygens (including phenoxy) is 4. The first-order valence-electron chi connectivity index (χ1n) is 8.64. The fourth-order valence-corrected chi connectivity index (χ4v) is 2.69. The third kappa shape index (κ3) is 4.40. The molecule has 0 radical (unpaired) electrons. The summed E-state index contributed by atoms with van der Waals surface area (Å²) in [7, 11) is 6.14. The van der Waals surface area contributed by atoms with Crippen LogP contribution in [0.1, 0.15) is 16.2 Å². The molecule has 0 spiro atoms. The van der Waals surface area contributed by atoms with Gasteiger partial charge in [0, 0.05) is 12.1 Å². The van der Waals surface area contributed by atoms with Crippen LogP contribution in [0.2, 0.25) is 0 Å². The van der Waals surface area contributed by atoms with E-state index in [1.165, 1.54) is 21.3 Å². The number of hydrogen-bond donors (Lipinski definition) is 1. The van der Waals surface area contributed by atoms with Crippen LogP contribution in [0, 0.1) is 0 Å². The molecule has 0 saturated carbocycles. The highest BCUT2D eigenvalue weighted by Gasteiger charge is 2.18. The van der Waals surface area contributed by atoms with E-state index in [2.05, 4.69) is 15.5 Å². The number of methoxy groups -OCH3 is 4. The monoisotopic (exact) mass is 399 g/mol. The molecule has 152 valence electrons. The SMILES string of the molecule is COc1cccc(-c2noc(C(=O)NCc3cc(OC)c(OC)c(OC)c3)n2)c1. The molecule has 9 heteroatoms. The molecular formula is C20H21N3O6. The third-order valence-corrected chi connectivity index (χ3v) is 4.13. The summed E-state index contributed by atoms with van der Waals surface area (Å²) in [5.41, 5.74) is 1.43. The minimum absolute atomic E-state index is 0.143. The molecule has 0 saturated heterocycles. The predicted molar refractivity (Wildman–Crippen MR) is 104 cm³/mol. The fourth-order valence-electron chi connectivity index (χ4n) is 2.69. The van der Waals surface area contributed by atoms with Crippen LogP contribution in [0.25, 0.3) is 11.4 Å². The van der Waals surface area contributed by atoms with Gasteiger partial charge in [-0.1, -0.05) is 17.3 Å². The van der Waals surface area contributed by atoms with Crippen LogP contribution in [-0.2, 0) is 6.54 Å². The number of aromatic nitrogens is 2. The van der Waals surface area contributed by atoms with E-state index < -0.39 is 5.91 Å². The maximum atomic E-state index is 12.4. The van der Waals surface area contributed by atoms with Crippen molar-refractivity contribution in [3.8, 4) is 34.4 Å². The molecule has 1 amide bonds. The normalized spacial score (nSPS) is 10.3. The minimum atomic E-state index is -0.500. The van der Waals surface area contributed by atoms with Crippen molar-refractivity contribution >= 4 is 5.91 Å². The summed E-state index contributed by atoms with van der Waals surface area (Å²) in [6, 6.07) is 10.6. The van der Waals surface area contributed by atoms with Crippen LogP contribution >= 0.6 is 0 Å². The average Bonchev–Trinajstić information content (AvgIpc) is 3.27. The zero-order valence-electron chi connectivity index (χ0n) is 16.5. The number of rotatable bonds is 8. The Morgan fingerprint density at radius 2 is 1.72 bits per heavy atom. The van der Waals surface area contributed by atoms with Crippen molar-refractivity contribution < 1.29 is 28.3 Å². The maximum Gasteiger partial charge on any atom is 0.316 e. The van der Waals surface area contributed by atoms with Crippen LogP contribution in [-0.4, -0.2) is 44.5 Å². The summed E-state index contributed by atoms with van der Waals surface area (Å²) >= 11 is 0. The van der Waals surface area contributed by atoms with E-state index in [-0.39, 0.29) is 12.4 Å². The van der Waals surface area contributed by atoms with Gasteiger partial charge in [0.2, 0.25) is 11.6 Å². The van der Waals surface area contributed by atoms with Gasteiger partial charge >= 0.3 is 11.8 Å². The first-order chi connectivity index (χ1) is 14.1. The first kappa shape index (κ1) is 20.0. The van der Waals surface area contributed by atoms with Crippen LogP contribution in [0.4, 0.5) is 0 Å². The van der Waals surface area contributed by atoms with E-state index in [0.29, 0.717) is 34.4 Å². The van der Waals surface area contributed by atoms with Gasteiger partial charge in [0.05, 0.1) is 28.4 Å². The lowest BCUT2D eigenvalue weighted by Crippen LogP contribution is -2.23. The Morgan fingerprint density at radius 1 is 1.00 bits per heavy atom. The highest BCUT2D eigenvalue weighted by molar-refractivity contribution is 5.89. The lowest BCUT2D eigenvalue weighted by Gasteiger charge is -2.14. The van der Waals surface area contributed by atoms with Gasteiger partial charge in [-0.15, -0.1) is 0 Å². The molecule has 0 fully saturated rings. The van der Waals surface area contributed by atoms with E-state index in [9.17, 15) is 4.79 Å². The van der Waals surface area contributed by atoms with Crippen molar-refractivity contribution in [3.05, 3.63) is 47.9 Å². The number of hydrogen-bond acceptors (Lipinski definition) is 8. The lowest BCUT2D eigenvalue weighted by molar-refractivity contribution is 0.0907. The maximum absolute atomic E-state index is 12.4. The third-order valence-electron chi connectivity index (χ3n) is 4.13. The van der Waals surface area contributed by atoms with Gasteiger partial charge in [0.25, 0.3) is 0 Å². The van der Waals surface area contributed by atoms with Gasteiger partial charge in [-0.2, -0.15) is 4.98 Å². The zero-order chi connectivity index (χ0) is 20.8. The molecule has 29 heavy (non-hydrogen) atoms. The summed E-state index contributed by atoms with van der Waals surface area (Å²) in [4.78, 5) is 16.5. The van der Waals surface area contributed by atoms with E-state index in [1.807, 2.05) is 0 Å². The summed E-state index contributed by atoms with van der Waals surface area (Å²) < 4.78 is 26.2. The van der Waals surface area contributed by atoms with E-state index in [1.54, 1.807) is 43.5 Å². The van der Waals surface area contributed by atoms with Crippen molar-refractivity contribution in [2.75, 3.05) is 28.4 Å². The van der Waals surface area contributed by atoms with Crippen LogP contribution in [0.15, 0.2) is 40.9 Å². The second-order valence-corrected chi connectivity index (χ2v) is 5.87. The van der Waals surface area contributed by atoms with Gasteiger partial charge in [0.15, 0.2) is 11.5 Å². The Labute approximate surface area is 167 Å². The number of nitrogens with one attached hydrogen (secondary N) is 1. The smallest absolute Gasteiger partial charge is 0.316 e. The van der Waals surface area contributed by atoms with Crippen molar-refractivity contribution in [2.45, 2.75) is 6.54 Å². The largest absolute Gasteiger partial charge is 0.497 e. The van der Waals surface area contributed by atoms with E-state index in [4.69, 9.17) is 23.5 Å². The fraction of sp³-hybridized carbons (Fsp3) is 0.250. The lowest BCUT2D eigenvalue weighted by atomic mass is 10.1. The Hall–Kier alpha value is -3.75. The summed E-state index contributed by atoms with van der Waals surface area (Å²) in [5, 5.41) is 6.59. The average molecular weight is 399 g/mol. The van der Waals surface area contributed by atoms with E-state index >= 15 is 0 Å². The molecule has 0 aliphatic carbocycles. The molecule has 0 aliphatic rings. The molecular weight excluding hydrogens is 378 g/mol. The number of carbonyl (C=O) groups excluding carboxylic acids is 1. The van der Waals surface area contributed by atoms with Gasteiger partial charge in [-0.25, -0.2) is 0 Å². The minimum Gasteiger partial charge on any atom is -0.497 e. The number of nitrogens with zero attached hydrogens (tertiary/aromatic N) is 2. The highest BCUT2D eigenvalue weighted by atomic mass is 16.5. The second-order valence-electron chi connectivity index (χ2n) is 5.87. The molecule has 2 aromatic carbocycles. The molecule has 0 aliphatic heterocycles. The van der Waals surface area contributed by atoms with Crippen LogP contribution < -0.4 is 24.3 Å². The summed E-state index contributed by atoms with van der Waals surface area (Å²) in [6.45, 7) is 0.201. The van der Waals surface area contributed by atoms with Crippen molar-refractivity contribution in [3.63, 3.8) is 0 Å². The first-order valence-corrected chi connectivity index (χ1v) is 8.64. The molecule has 1 N–H and O–H groups in total. The van der Waals surface area contributed by atoms with Gasteiger partial charge in [0.1, 0.15) is 5.75 Å². The molecule has 1 aromatic heterocycles. The van der Waals surface area contributed by atoms with Crippen LogP contribution in [0.5, 0.6) is 23.0 Å². The standard InChI is InChI=1S/C20H21N3O6/c1-25-14-7-5-6-13(10-14)18-22-20(29-23-18)19(24)21-11-12-8-15(26-2)17(28-4)16(9-12)27-3/h5-10H,11H2,1-4H3,(H,21,24). The summed E-state index contributed by atoms with van der Waals surface area (Å²) in [6.07, 6.45) is 0. The Kier molecular flexibility index (Phi) is 6.18. The molecule has 9 nitrogen and oxygen atoms in total. The van der Waals surface area contributed by atoms with Gasteiger partial charge in [-0.05, 0) is 29.8 Å². The molecule has 0 bridgehead atoms. The van der Waals surface area contributed by atoms with E-state index in [0.717, 1.165) is 5.56 Å². The van der Waals surface area contributed by atoms with Crippen molar-refractivity contribution in [1.82, 2.24) is 15.5 Å². The van der Waals surface area contributed by atoms with Crippen LogP contribution in [0.3, 0.4) is 0 Å². The van der Waals surface area contributed by atoms with Gasteiger partial charge in [-0.3, -0.25) is 4.79 Å². The predicted octanol–water partition coefficient (Wildman–Crippen LogP) is 2.70. The summed E-state index contributed by atoms with van der Waals surface area (Å²) in [5.74, 6) is 1.77. The Morgan fingerprint density at radius 3 is 2.34 bits per heavy atom. The highest BCUT2D eigenvalue weighted by Crippen LogP contribution is 2.38. The second kappa shape index (κ2) is 8.96. The Balaban J connectivity index is 1.72. The number of benzene rings is 2.